The monoisotopic (exact) mass is 884 g/mol. The number of allylic oxidation sites excluding steroid dienone is 19. The number of amides is 1. The summed E-state index contributed by atoms with van der Waals surface area (Å²) in [7, 11) is 0. The van der Waals surface area contributed by atoms with Crippen molar-refractivity contribution in [3.8, 4) is 0 Å². The van der Waals surface area contributed by atoms with Crippen molar-refractivity contribution < 1.29 is 15.0 Å². The summed E-state index contributed by atoms with van der Waals surface area (Å²) >= 11 is 0. The lowest BCUT2D eigenvalue weighted by Crippen LogP contribution is -2.45. The van der Waals surface area contributed by atoms with E-state index in [1.807, 2.05) is 6.08 Å². The topological polar surface area (TPSA) is 69.6 Å². The summed E-state index contributed by atoms with van der Waals surface area (Å²) in [5.74, 6) is -0.0833. The fraction of sp³-hybridized carbons (Fsp3) is 0.650. The van der Waals surface area contributed by atoms with E-state index < -0.39 is 12.1 Å². The lowest BCUT2D eigenvalue weighted by Gasteiger charge is -2.19. The first-order valence-corrected chi connectivity index (χ1v) is 26.7. The van der Waals surface area contributed by atoms with Crippen molar-refractivity contribution in [2.24, 2.45) is 0 Å². The Balaban J connectivity index is 3.63. The maximum atomic E-state index is 12.4. The van der Waals surface area contributed by atoms with Crippen molar-refractivity contribution in [1.82, 2.24) is 5.32 Å². The van der Waals surface area contributed by atoms with Crippen molar-refractivity contribution in [3.05, 3.63) is 122 Å². The molecule has 0 aromatic heterocycles. The molecule has 64 heavy (non-hydrogen) atoms. The van der Waals surface area contributed by atoms with E-state index in [9.17, 15) is 15.0 Å². The quantitative estimate of drug-likeness (QED) is 0.0421. The van der Waals surface area contributed by atoms with Crippen LogP contribution in [0.4, 0.5) is 0 Å². The van der Waals surface area contributed by atoms with Crippen LogP contribution in [0.1, 0.15) is 232 Å². The van der Waals surface area contributed by atoms with Gasteiger partial charge in [0.05, 0.1) is 18.8 Å². The van der Waals surface area contributed by atoms with Gasteiger partial charge in [0.25, 0.3) is 0 Å². The van der Waals surface area contributed by atoms with E-state index in [4.69, 9.17) is 0 Å². The summed E-state index contributed by atoms with van der Waals surface area (Å²) in [6, 6.07) is -0.649. The molecule has 4 nitrogen and oxygen atoms in total. The number of rotatable bonds is 47. The minimum absolute atomic E-state index is 0.0833. The summed E-state index contributed by atoms with van der Waals surface area (Å²) in [4.78, 5) is 12.4. The minimum Gasteiger partial charge on any atom is -0.394 e. The second-order valence-electron chi connectivity index (χ2n) is 17.6. The van der Waals surface area contributed by atoms with Gasteiger partial charge < -0.3 is 15.5 Å². The Hall–Kier alpha value is -3.21. The fourth-order valence-electron chi connectivity index (χ4n) is 7.39. The number of unbranched alkanes of at least 4 members (excludes halogenated alkanes) is 22. The van der Waals surface area contributed by atoms with Gasteiger partial charge in [0.15, 0.2) is 0 Å². The molecule has 0 saturated carbocycles. The van der Waals surface area contributed by atoms with Crippen molar-refractivity contribution in [3.63, 3.8) is 0 Å². The third-order valence-corrected chi connectivity index (χ3v) is 11.4. The molecule has 2 atom stereocenters. The van der Waals surface area contributed by atoms with Crippen LogP contribution in [0.25, 0.3) is 0 Å². The number of aliphatic hydroxyl groups excluding tert-OH is 2. The highest BCUT2D eigenvalue weighted by Crippen LogP contribution is 2.14. The van der Waals surface area contributed by atoms with E-state index >= 15 is 0 Å². The van der Waals surface area contributed by atoms with Crippen LogP contribution in [0.5, 0.6) is 0 Å². The molecule has 0 aliphatic heterocycles. The number of aliphatic hydroxyl groups is 2. The molecule has 0 radical (unpaired) electrons. The highest BCUT2D eigenvalue weighted by atomic mass is 16.3. The second-order valence-corrected chi connectivity index (χ2v) is 17.6. The zero-order valence-corrected chi connectivity index (χ0v) is 41.8. The molecule has 1 amide bonds. The first-order valence-electron chi connectivity index (χ1n) is 26.7. The summed E-state index contributed by atoms with van der Waals surface area (Å²) in [5.41, 5.74) is 0. The van der Waals surface area contributed by atoms with Crippen molar-refractivity contribution in [2.75, 3.05) is 6.61 Å². The predicted molar refractivity (Wildman–Crippen MR) is 285 cm³/mol. The van der Waals surface area contributed by atoms with Gasteiger partial charge in [-0.15, -0.1) is 0 Å². The first-order chi connectivity index (χ1) is 31.7. The Labute approximate surface area is 397 Å². The number of carbonyl (C=O) groups excluding carboxylic acids is 1. The van der Waals surface area contributed by atoms with Gasteiger partial charge in [-0.05, 0) is 96.3 Å². The summed E-state index contributed by atoms with van der Waals surface area (Å²) in [5, 5.41) is 23.1. The molecule has 0 aromatic carbocycles. The standard InChI is InChI=1S/C60H101NO3/c1-3-5-7-9-11-13-15-17-19-21-22-23-24-25-26-27-28-29-30-31-32-33-34-35-36-37-38-40-42-44-46-48-50-52-54-56-60(64)61-58(57-62)59(63)55-53-51-49-47-45-43-41-39-20-18-16-14-12-10-8-6-4-2/h5,7,11,13,17,19,22-23,25-26,28-29,31-32,34-35,45,47,53,55,58-59,62-63H,3-4,6,8-10,12,14-16,18,20-21,24,27,30,33,36-44,46,48-52,54,56-57H2,1-2H3,(H,61,64)/b7-5-,13-11-,19-17-,23-22-,26-25-,29-28-,32-31-,35-34-,47-45+,55-53+. The van der Waals surface area contributed by atoms with Crippen LogP contribution in [-0.2, 0) is 4.79 Å². The average molecular weight is 884 g/mol. The van der Waals surface area contributed by atoms with E-state index in [0.717, 1.165) is 89.9 Å². The number of hydrogen-bond acceptors (Lipinski definition) is 3. The minimum atomic E-state index is -0.872. The van der Waals surface area contributed by atoms with Crippen LogP contribution in [0, 0.1) is 0 Å². The van der Waals surface area contributed by atoms with Crippen molar-refractivity contribution in [1.29, 1.82) is 0 Å². The van der Waals surface area contributed by atoms with Crippen molar-refractivity contribution >= 4 is 5.91 Å². The SMILES string of the molecule is CC/C=C\C/C=C\C/C=C\C/C=C\C/C=C\C/C=C\C/C=C\C/C=C\CCCCCCCCCCCCC(=O)NC(CO)C(O)/C=C/CC/C=C/CCCCCCCCCCCCC. The number of carbonyl (C=O) groups is 1. The highest BCUT2D eigenvalue weighted by molar-refractivity contribution is 5.76. The van der Waals surface area contributed by atoms with Gasteiger partial charge in [-0.1, -0.05) is 251 Å². The van der Waals surface area contributed by atoms with Crippen LogP contribution in [0.3, 0.4) is 0 Å². The highest BCUT2D eigenvalue weighted by Gasteiger charge is 2.17. The lowest BCUT2D eigenvalue weighted by molar-refractivity contribution is -0.123. The van der Waals surface area contributed by atoms with Gasteiger partial charge in [0.1, 0.15) is 0 Å². The van der Waals surface area contributed by atoms with Gasteiger partial charge in [-0.25, -0.2) is 0 Å². The summed E-state index contributed by atoms with van der Waals surface area (Å²) in [6.07, 6.45) is 83.4. The van der Waals surface area contributed by atoms with Crippen molar-refractivity contribution in [2.45, 2.75) is 244 Å². The third-order valence-electron chi connectivity index (χ3n) is 11.4. The Bertz CT molecular complexity index is 1280. The summed E-state index contributed by atoms with van der Waals surface area (Å²) < 4.78 is 0. The first kappa shape index (κ1) is 60.8. The maximum absolute atomic E-state index is 12.4. The van der Waals surface area contributed by atoms with Gasteiger partial charge in [-0.2, -0.15) is 0 Å². The van der Waals surface area contributed by atoms with Crippen LogP contribution in [0.2, 0.25) is 0 Å². The molecule has 0 bridgehead atoms. The normalized spacial score (nSPS) is 13.9. The molecular formula is C60H101NO3. The molecule has 0 saturated heterocycles. The molecule has 2 unspecified atom stereocenters. The molecule has 0 fully saturated rings. The van der Waals surface area contributed by atoms with E-state index in [1.165, 1.54) is 122 Å². The molecule has 0 aliphatic carbocycles. The molecule has 0 spiro atoms. The predicted octanol–water partition coefficient (Wildman–Crippen LogP) is 17.7. The van der Waals surface area contributed by atoms with E-state index in [2.05, 4.69) is 129 Å². The zero-order valence-electron chi connectivity index (χ0n) is 41.8. The number of hydrogen-bond donors (Lipinski definition) is 3. The van der Waals surface area contributed by atoms with Crippen LogP contribution < -0.4 is 5.32 Å². The van der Waals surface area contributed by atoms with E-state index in [-0.39, 0.29) is 12.5 Å². The van der Waals surface area contributed by atoms with Gasteiger partial charge in [0.2, 0.25) is 5.91 Å². The number of nitrogens with one attached hydrogen (secondary N) is 1. The zero-order chi connectivity index (χ0) is 46.3. The van der Waals surface area contributed by atoms with Crippen LogP contribution in [-0.4, -0.2) is 34.9 Å². The third kappa shape index (κ3) is 49.8. The Kier molecular flexibility index (Phi) is 51.4. The van der Waals surface area contributed by atoms with Gasteiger partial charge >= 0.3 is 0 Å². The second kappa shape index (κ2) is 54.1. The Morgan fingerprint density at radius 3 is 1.09 bits per heavy atom. The molecule has 3 N–H and O–H groups in total. The van der Waals surface area contributed by atoms with Crippen LogP contribution in [0.15, 0.2) is 122 Å². The molecule has 364 valence electrons. The molecule has 0 aliphatic rings. The molecule has 0 heterocycles. The summed E-state index contributed by atoms with van der Waals surface area (Å²) in [6.45, 7) is 4.18. The molecule has 4 heteroatoms. The Morgan fingerprint density at radius 1 is 0.391 bits per heavy atom. The maximum Gasteiger partial charge on any atom is 0.220 e. The van der Waals surface area contributed by atoms with Gasteiger partial charge in [0, 0.05) is 6.42 Å². The van der Waals surface area contributed by atoms with Gasteiger partial charge in [-0.3, -0.25) is 4.79 Å². The van der Waals surface area contributed by atoms with E-state index in [1.54, 1.807) is 6.08 Å². The molecule has 0 rings (SSSR count). The smallest absolute Gasteiger partial charge is 0.220 e. The fourth-order valence-corrected chi connectivity index (χ4v) is 7.39. The van der Waals surface area contributed by atoms with E-state index in [0.29, 0.717) is 6.42 Å². The van der Waals surface area contributed by atoms with Crippen LogP contribution >= 0.6 is 0 Å². The lowest BCUT2D eigenvalue weighted by atomic mass is 10.0. The molecular weight excluding hydrogens is 783 g/mol. The average Bonchev–Trinajstić information content (AvgIpc) is 3.30. The largest absolute Gasteiger partial charge is 0.394 e. The Morgan fingerprint density at radius 2 is 0.703 bits per heavy atom. The molecule has 0 aromatic rings.